The lowest BCUT2D eigenvalue weighted by molar-refractivity contribution is -0.135. The molecule has 20 heavy (non-hydrogen) atoms. The fraction of sp³-hybridized carbons (Fsp3) is 0.500. The molecule has 8 heteroatoms. The van der Waals surface area contributed by atoms with Crippen LogP contribution in [0.1, 0.15) is 17.4 Å². The highest BCUT2D eigenvalue weighted by Crippen LogP contribution is 2.09. The Labute approximate surface area is 116 Å². The van der Waals surface area contributed by atoms with Crippen LogP contribution in [-0.4, -0.2) is 60.5 Å². The third-order valence-electron chi connectivity index (χ3n) is 2.44. The highest BCUT2D eigenvalue weighted by Gasteiger charge is 2.14. The van der Waals surface area contributed by atoms with Gasteiger partial charge in [0.15, 0.2) is 11.5 Å². The Kier molecular flexibility index (Phi) is 6.38. The Morgan fingerprint density at radius 3 is 2.65 bits per heavy atom. The summed E-state index contributed by atoms with van der Waals surface area (Å²) in [5, 5.41) is 19.2. The number of anilines is 1. The number of nitrogens with zero attached hydrogens (tertiary/aromatic N) is 3. The molecular weight excluding hydrogens is 264 g/mol. The SMILES string of the molecule is CCNC(=O)c1ccc(N(CCOC)CC(=O)O)nn1. The smallest absolute Gasteiger partial charge is 0.323 e. The van der Waals surface area contributed by atoms with E-state index in [4.69, 9.17) is 9.84 Å². The zero-order valence-corrected chi connectivity index (χ0v) is 11.5. The molecular formula is C12H18N4O4. The van der Waals surface area contributed by atoms with Crippen molar-refractivity contribution < 1.29 is 19.4 Å². The van der Waals surface area contributed by atoms with E-state index in [0.29, 0.717) is 25.5 Å². The lowest BCUT2D eigenvalue weighted by Gasteiger charge is -2.20. The minimum absolute atomic E-state index is 0.192. The van der Waals surface area contributed by atoms with Gasteiger partial charge in [-0.3, -0.25) is 9.59 Å². The van der Waals surface area contributed by atoms with Crippen LogP contribution in [0.15, 0.2) is 12.1 Å². The predicted molar refractivity (Wildman–Crippen MR) is 71.8 cm³/mol. The second-order valence-electron chi connectivity index (χ2n) is 3.94. The van der Waals surface area contributed by atoms with E-state index in [9.17, 15) is 9.59 Å². The van der Waals surface area contributed by atoms with E-state index in [1.807, 2.05) is 0 Å². The molecule has 8 nitrogen and oxygen atoms in total. The van der Waals surface area contributed by atoms with Crippen molar-refractivity contribution in [3.8, 4) is 0 Å². The van der Waals surface area contributed by atoms with Crippen molar-refractivity contribution in [2.45, 2.75) is 6.92 Å². The van der Waals surface area contributed by atoms with Gasteiger partial charge in [0.05, 0.1) is 6.61 Å². The van der Waals surface area contributed by atoms with Gasteiger partial charge in [0, 0.05) is 20.2 Å². The molecule has 0 saturated carbocycles. The largest absolute Gasteiger partial charge is 0.480 e. The van der Waals surface area contributed by atoms with Crippen molar-refractivity contribution >= 4 is 17.7 Å². The van der Waals surface area contributed by atoms with Gasteiger partial charge in [0.1, 0.15) is 6.54 Å². The summed E-state index contributed by atoms with van der Waals surface area (Å²) in [6.45, 7) is 2.84. The first-order valence-electron chi connectivity index (χ1n) is 6.16. The number of nitrogens with one attached hydrogen (secondary N) is 1. The predicted octanol–water partition coefficient (Wildman–Crippen LogP) is -0.236. The summed E-state index contributed by atoms with van der Waals surface area (Å²) in [5.41, 5.74) is 0.192. The van der Waals surface area contributed by atoms with Gasteiger partial charge in [0.2, 0.25) is 0 Å². The van der Waals surface area contributed by atoms with Crippen LogP contribution in [0.25, 0.3) is 0 Å². The standard InChI is InChI=1S/C12H18N4O4/c1-3-13-12(19)9-4-5-10(15-14-9)16(6-7-20-2)8-11(17)18/h4-5H,3,6-8H2,1-2H3,(H,13,19)(H,17,18). The van der Waals surface area contributed by atoms with Crippen LogP contribution in [0.2, 0.25) is 0 Å². The molecule has 110 valence electrons. The Hall–Kier alpha value is -2.22. The van der Waals surface area contributed by atoms with E-state index in [2.05, 4.69) is 15.5 Å². The number of amides is 1. The van der Waals surface area contributed by atoms with Gasteiger partial charge in [-0.2, -0.15) is 0 Å². The molecule has 1 aromatic heterocycles. The lowest BCUT2D eigenvalue weighted by Crippen LogP contribution is -2.33. The summed E-state index contributed by atoms with van der Waals surface area (Å²) in [4.78, 5) is 23.9. The second kappa shape index (κ2) is 8.05. The number of rotatable bonds is 8. The van der Waals surface area contributed by atoms with Gasteiger partial charge in [-0.05, 0) is 19.1 Å². The van der Waals surface area contributed by atoms with Crippen molar-refractivity contribution in [2.24, 2.45) is 0 Å². The minimum Gasteiger partial charge on any atom is -0.480 e. The number of carboxylic acids is 1. The number of carbonyl (C=O) groups is 2. The first kappa shape index (κ1) is 15.8. The van der Waals surface area contributed by atoms with Gasteiger partial charge in [-0.15, -0.1) is 10.2 Å². The number of ether oxygens (including phenoxy) is 1. The fourth-order valence-electron chi connectivity index (χ4n) is 1.51. The monoisotopic (exact) mass is 282 g/mol. The second-order valence-corrected chi connectivity index (χ2v) is 3.94. The molecule has 0 aliphatic carbocycles. The van der Waals surface area contributed by atoms with Gasteiger partial charge >= 0.3 is 5.97 Å². The fourth-order valence-corrected chi connectivity index (χ4v) is 1.51. The molecule has 0 radical (unpaired) electrons. The number of methoxy groups -OCH3 is 1. The maximum absolute atomic E-state index is 11.5. The Morgan fingerprint density at radius 1 is 1.40 bits per heavy atom. The van der Waals surface area contributed by atoms with E-state index in [-0.39, 0.29) is 18.1 Å². The molecule has 0 bridgehead atoms. The van der Waals surface area contributed by atoms with Crippen LogP contribution in [0.5, 0.6) is 0 Å². The van der Waals surface area contributed by atoms with Gasteiger partial charge in [0.25, 0.3) is 5.91 Å². The summed E-state index contributed by atoms with van der Waals surface area (Å²) >= 11 is 0. The Balaban J connectivity index is 2.80. The van der Waals surface area contributed by atoms with Crippen molar-refractivity contribution in [1.29, 1.82) is 0 Å². The summed E-state index contributed by atoms with van der Waals surface area (Å²) in [6.07, 6.45) is 0. The molecule has 0 saturated heterocycles. The van der Waals surface area contributed by atoms with Crippen molar-refractivity contribution in [2.75, 3.05) is 38.3 Å². The zero-order chi connectivity index (χ0) is 15.0. The number of aromatic nitrogens is 2. The zero-order valence-electron chi connectivity index (χ0n) is 11.5. The molecule has 0 spiro atoms. The summed E-state index contributed by atoms with van der Waals surface area (Å²) < 4.78 is 4.92. The molecule has 1 amide bonds. The molecule has 0 aromatic carbocycles. The number of hydrogen-bond donors (Lipinski definition) is 2. The molecule has 0 fully saturated rings. The molecule has 0 unspecified atom stereocenters. The van der Waals surface area contributed by atoms with Crippen LogP contribution >= 0.6 is 0 Å². The van der Waals surface area contributed by atoms with E-state index in [1.165, 1.54) is 18.1 Å². The van der Waals surface area contributed by atoms with E-state index < -0.39 is 5.97 Å². The van der Waals surface area contributed by atoms with Crippen molar-refractivity contribution in [3.63, 3.8) is 0 Å². The quantitative estimate of drug-likeness (QED) is 0.678. The number of hydrogen-bond acceptors (Lipinski definition) is 6. The molecule has 1 heterocycles. The molecule has 0 atom stereocenters. The number of carbonyl (C=O) groups excluding carboxylic acids is 1. The van der Waals surface area contributed by atoms with E-state index in [1.54, 1.807) is 13.0 Å². The van der Waals surface area contributed by atoms with Gasteiger partial charge < -0.3 is 20.1 Å². The molecule has 0 aliphatic heterocycles. The van der Waals surface area contributed by atoms with Gasteiger partial charge in [-0.1, -0.05) is 0 Å². The highest BCUT2D eigenvalue weighted by atomic mass is 16.5. The third kappa shape index (κ3) is 4.81. The van der Waals surface area contributed by atoms with Crippen molar-refractivity contribution in [3.05, 3.63) is 17.8 Å². The maximum Gasteiger partial charge on any atom is 0.323 e. The molecule has 2 N–H and O–H groups in total. The first-order chi connectivity index (χ1) is 9.58. The van der Waals surface area contributed by atoms with E-state index >= 15 is 0 Å². The van der Waals surface area contributed by atoms with Gasteiger partial charge in [-0.25, -0.2) is 0 Å². The number of carboxylic acid groups (broad SMARTS) is 1. The summed E-state index contributed by atoms with van der Waals surface area (Å²) in [5.74, 6) is -0.901. The van der Waals surface area contributed by atoms with Crippen molar-refractivity contribution in [1.82, 2.24) is 15.5 Å². The normalized spacial score (nSPS) is 10.1. The highest BCUT2D eigenvalue weighted by molar-refractivity contribution is 5.92. The summed E-state index contributed by atoms with van der Waals surface area (Å²) in [6, 6.07) is 3.07. The molecule has 0 aliphatic rings. The average Bonchev–Trinajstić information content (AvgIpc) is 2.43. The third-order valence-corrected chi connectivity index (χ3v) is 2.44. The Bertz CT molecular complexity index is 449. The van der Waals surface area contributed by atoms with Crippen LogP contribution in [0, 0.1) is 0 Å². The average molecular weight is 282 g/mol. The maximum atomic E-state index is 11.5. The first-order valence-corrected chi connectivity index (χ1v) is 6.16. The summed E-state index contributed by atoms with van der Waals surface area (Å²) in [7, 11) is 1.53. The molecule has 1 rings (SSSR count). The van der Waals surface area contributed by atoms with Crippen LogP contribution in [-0.2, 0) is 9.53 Å². The van der Waals surface area contributed by atoms with Crippen LogP contribution in [0.4, 0.5) is 5.82 Å². The lowest BCUT2D eigenvalue weighted by atomic mass is 10.3. The van der Waals surface area contributed by atoms with Crippen LogP contribution < -0.4 is 10.2 Å². The van der Waals surface area contributed by atoms with Crippen LogP contribution in [0.3, 0.4) is 0 Å². The Morgan fingerprint density at radius 2 is 2.15 bits per heavy atom. The molecule has 1 aromatic rings. The van der Waals surface area contributed by atoms with E-state index in [0.717, 1.165) is 0 Å². The topological polar surface area (TPSA) is 105 Å². The minimum atomic E-state index is -0.976. The number of aliphatic carboxylic acids is 1.